The van der Waals surface area contributed by atoms with E-state index in [9.17, 15) is 0 Å². The molecule has 0 bridgehead atoms. The summed E-state index contributed by atoms with van der Waals surface area (Å²) in [5, 5.41) is 8.07. The monoisotopic (exact) mass is 286 g/mol. The summed E-state index contributed by atoms with van der Waals surface area (Å²) in [6.45, 7) is 1.24. The second-order valence-electron chi connectivity index (χ2n) is 8.51. The molecule has 3 fully saturated rings. The molecule has 1 spiro atoms. The van der Waals surface area contributed by atoms with Gasteiger partial charge in [-0.05, 0) is 56.1 Å². The molecule has 3 aliphatic carbocycles. The average Bonchev–Trinajstić information content (AvgIpc) is 3.07. The van der Waals surface area contributed by atoms with Crippen molar-refractivity contribution < 1.29 is 0 Å². The van der Waals surface area contributed by atoms with Crippen LogP contribution in [0.15, 0.2) is 11.3 Å². The van der Waals surface area contributed by atoms with Crippen LogP contribution >= 0.6 is 0 Å². The lowest BCUT2D eigenvalue weighted by Crippen LogP contribution is -2.51. The Labute approximate surface area is 129 Å². The summed E-state index contributed by atoms with van der Waals surface area (Å²) in [7, 11) is 0. The van der Waals surface area contributed by atoms with Gasteiger partial charge < -0.3 is 10.6 Å². The lowest BCUT2D eigenvalue weighted by Gasteiger charge is -2.38. The summed E-state index contributed by atoms with van der Waals surface area (Å²) in [5.41, 5.74) is 3.93. The normalized spacial score (nSPS) is 48.8. The molecule has 2 heteroatoms. The van der Waals surface area contributed by atoms with E-state index in [4.69, 9.17) is 0 Å². The van der Waals surface area contributed by atoms with Crippen LogP contribution in [-0.2, 0) is 0 Å². The molecule has 5 rings (SSSR count). The van der Waals surface area contributed by atoms with Gasteiger partial charge in [-0.1, -0.05) is 38.5 Å². The number of nitrogens with one attached hydrogen (secondary N) is 2. The van der Waals surface area contributed by atoms with Crippen molar-refractivity contribution in [2.45, 2.75) is 82.2 Å². The van der Waals surface area contributed by atoms with Gasteiger partial charge in [-0.15, -0.1) is 0 Å². The predicted molar refractivity (Wildman–Crippen MR) is 85.9 cm³/mol. The summed E-state index contributed by atoms with van der Waals surface area (Å²) in [6, 6.07) is 0.795. The summed E-state index contributed by atoms with van der Waals surface area (Å²) >= 11 is 0. The first-order chi connectivity index (χ1) is 10.4. The van der Waals surface area contributed by atoms with Crippen molar-refractivity contribution in [3.05, 3.63) is 11.3 Å². The van der Waals surface area contributed by atoms with Crippen molar-refractivity contribution in [3.63, 3.8) is 0 Å². The third-order valence-electron chi connectivity index (χ3n) is 7.49. The molecule has 0 aromatic heterocycles. The molecule has 116 valence electrons. The molecule has 0 radical (unpaired) electrons. The molecule has 2 heterocycles. The van der Waals surface area contributed by atoms with Crippen LogP contribution in [0.1, 0.15) is 70.6 Å². The second kappa shape index (κ2) is 4.75. The molecule has 0 aromatic rings. The van der Waals surface area contributed by atoms with Crippen LogP contribution in [0, 0.1) is 17.8 Å². The number of hydrogen-bond acceptors (Lipinski definition) is 2. The molecule has 0 aromatic carbocycles. The van der Waals surface area contributed by atoms with Crippen LogP contribution in [-0.4, -0.2) is 18.1 Å². The highest BCUT2D eigenvalue weighted by Gasteiger charge is 2.53. The molecule has 0 saturated heterocycles. The first kappa shape index (κ1) is 13.0. The maximum absolute atomic E-state index is 4.05. The SMILES string of the molecule is C1CCC2CC3(CC2C1)NCCC1=C3NC2CCCCC12. The highest BCUT2D eigenvalue weighted by molar-refractivity contribution is 5.38. The minimum absolute atomic E-state index is 0.366. The van der Waals surface area contributed by atoms with E-state index in [1.54, 1.807) is 5.70 Å². The van der Waals surface area contributed by atoms with Crippen molar-refractivity contribution in [1.29, 1.82) is 0 Å². The minimum Gasteiger partial charge on any atom is -0.384 e. The fourth-order valence-electron chi connectivity index (χ4n) is 6.61. The van der Waals surface area contributed by atoms with Gasteiger partial charge in [0.05, 0.1) is 5.54 Å². The average molecular weight is 286 g/mol. The third-order valence-corrected chi connectivity index (χ3v) is 7.49. The van der Waals surface area contributed by atoms with Crippen molar-refractivity contribution in [2.24, 2.45) is 17.8 Å². The zero-order valence-electron chi connectivity index (χ0n) is 13.3. The van der Waals surface area contributed by atoms with Crippen LogP contribution < -0.4 is 10.6 Å². The van der Waals surface area contributed by atoms with Crippen LogP contribution in [0.5, 0.6) is 0 Å². The van der Waals surface area contributed by atoms with Gasteiger partial charge in [0.25, 0.3) is 0 Å². The number of fused-ring (bicyclic) bond motifs is 4. The standard InChI is InChI=1S/C19H30N2/c1-2-6-14-12-19(11-13(14)5-1)18-16(9-10-20-19)15-7-3-4-8-17(15)21-18/h13-15,17,20-21H,1-12H2. The van der Waals surface area contributed by atoms with E-state index in [2.05, 4.69) is 10.6 Å². The Balaban J connectivity index is 1.48. The van der Waals surface area contributed by atoms with Crippen LogP contribution in [0.25, 0.3) is 0 Å². The molecule has 21 heavy (non-hydrogen) atoms. The van der Waals surface area contributed by atoms with Gasteiger partial charge in [0.15, 0.2) is 0 Å². The van der Waals surface area contributed by atoms with Crippen molar-refractivity contribution in [1.82, 2.24) is 10.6 Å². The van der Waals surface area contributed by atoms with E-state index in [0.29, 0.717) is 5.54 Å². The van der Waals surface area contributed by atoms with Gasteiger partial charge >= 0.3 is 0 Å². The van der Waals surface area contributed by atoms with Gasteiger partial charge in [-0.2, -0.15) is 0 Å². The van der Waals surface area contributed by atoms with Crippen molar-refractivity contribution in [3.8, 4) is 0 Å². The largest absolute Gasteiger partial charge is 0.384 e. The third kappa shape index (κ3) is 1.87. The van der Waals surface area contributed by atoms with Gasteiger partial charge in [-0.25, -0.2) is 0 Å². The molecule has 3 saturated carbocycles. The van der Waals surface area contributed by atoms with Gasteiger partial charge in [0.1, 0.15) is 0 Å². The highest BCUT2D eigenvalue weighted by Crippen LogP contribution is 2.53. The van der Waals surface area contributed by atoms with E-state index in [-0.39, 0.29) is 0 Å². The summed E-state index contributed by atoms with van der Waals surface area (Å²) in [5.74, 6) is 2.93. The number of rotatable bonds is 0. The lowest BCUT2D eigenvalue weighted by atomic mass is 9.77. The summed E-state index contributed by atoms with van der Waals surface area (Å²) in [6.07, 6.45) is 16.0. The van der Waals surface area contributed by atoms with Crippen molar-refractivity contribution in [2.75, 3.05) is 6.54 Å². The van der Waals surface area contributed by atoms with Gasteiger partial charge in [-0.3, -0.25) is 0 Å². The van der Waals surface area contributed by atoms with E-state index in [1.165, 1.54) is 77.2 Å². The maximum Gasteiger partial charge on any atom is 0.0588 e. The van der Waals surface area contributed by atoms with Crippen molar-refractivity contribution >= 4 is 0 Å². The Morgan fingerprint density at radius 2 is 1.57 bits per heavy atom. The van der Waals surface area contributed by atoms with E-state index < -0.39 is 0 Å². The summed E-state index contributed by atoms with van der Waals surface area (Å²) < 4.78 is 0. The molecule has 2 aliphatic heterocycles. The molecular weight excluding hydrogens is 256 g/mol. The predicted octanol–water partition coefficient (Wildman–Crippen LogP) is 3.73. The van der Waals surface area contributed by atoms with E-state index in [0.717, 1.165) is 23.8 Å². The molecule has 4 unspecified atom stereocenters. The smallest absolute Gasteiger partial charge is 0.0588 e. The first-order valence-corrected chi connectivity index (χ1v) is 9.61. The zero-order valence-corrected chi connectivity index (χ0v) is 13.3. The first-order valence-electron chi connectivity index (χ1n) is 9.61. The van der Waals surface area contributed by atoms with Crippen LogP contribution in [0.3, 0.4) is 0 Å². The van der Waals surface area contributed by atoms with Crippen LogP contribution in [0.4, 0.5) is 0 Å². The summed E-state index contributed by atoms with van der Waals surface area (Å²) in [4.78, 5) is 0. The van der Waals surface area contributed by atoms with E-state index >= 15 is 0 Å². The molecule has 5 aliphatic rings. The minimum atomic E-state index is 0.366. The van der Waals surface area contributed by atoms with Gasteiger partial charge in [0.2, 0.25) is 0 Å². The molecule has 2 N–H and O–H groups in total. The highest BCUT2D eigenvalue weighted by atomic mass is 15.1. The fraction of sp³-hybridized carbons (Fsp3) is 0.895. The fourth-order valence-corrected chi connectivity index (χ4v) is 6.61. The van der Waals surface area contributed by atoms with Gasteiger partial charge in [0, 0.05) is 17.7 Å². The quantitative estimate of drug-likeness (QED) is 0.709. The Hall–Kier alpha value is -0.500. The lowest BCUT2D eigenvalue weighted by molar-refractivity contribution is 0.277. The Bertz CT molecular complexity index is 452. The maximum atomic E-state index is 4.05. The second-order valence-corrected chi connectivity index (χ2v) is 8.51. The zero-order chi connectivity index (χ0) is 13.9. The molecule has 2 nitrogen and oxygen atoms in total. The molecular formula is C19H30N2. The topological polar surface area (TPSA) is 24.1 Å². The molecule has 0 amide bonds. The Kier molecular flexibility index (Phi) is 2.93. The molecule has 4 atom stereocenters. The van der Waals surface area contributed by atoms with Crippen LogP contribution in [0.2, 0.25) is 0 Å². The Morgan fingerprint density at radius 1 is 0.857 bits per heavy atom. The number of hydrogen-bond donors (Lipinski definition) is 2. The Morgan fingerprint density at radius 3 is 2.38 bits per heavy atom. The van der Waals surface area contributed by atoms with E-state index in [1.807, 2.05) is 5.57 Å².